The SMILES string of the molecule is Cc1cc(C)c2c(C)cc(CC(C)N)nc2c1. The van der Waals surface area contributed by atoms with Gasteiger partial charge in [-0.3, -0.25) is 4.98 Å². The Morgan fingerprint density at radius 3 is 2.41 bits per heavy atom. The van der Waals surface area contributed by atoms with Crippen LogP contribution >= 0.6 is 0 Å². The number of nitrogens with zero attached hydrogens (tertiary/aromatic N) is 1. The summed E-state index contributed by atoms with van der Waals surface area (Å²) in [5.74, 6) is 0. The third-order valence-electron chi connectivity index (χ3n) is 3.03. The number of hydrogen-bond acceptors (Lipinski definition) is 2. The molecule has 0 radical (unpaired) electrons. The third kappa shape index (κ3) is 2.47. The number of aryl methyl sites for hydroxylation is 3. The van der Waals surface area contributed by atoms with E-state index in [-0.39, 0.29) is 6.04 Å². The van der Waals surface area contributed by atoms with E-state index in [1.807, 2.05) is 6.92 Å². The number of fused-ring (bicyclic) bond motifs is 1. The van der Waals surface area contributed by atoms with Gasteiger partial charge in [0, 0.05) is 23.5 Å². The summed E-state index contributed by atoms with van der Waals surface area (Å²) in [6.07, 6.45) is 0.837. The largest absolute Gasteiger partial charge is 0.328 e. The van der Waals surface area contributed by atoms with E-state index in [2.05, 4.69) is 39.0 Å². The van der Waals surface area contributed by atoms with Crippen LogP contribution in [0.4, 0.5) is 0 Å². The van der Waals surface area contributed by atoms with Gasteiger partial charge in [0.05, 0.1) is 5.52 Å². The predicted molar refractivity (Wildman–Crippen MR) is 73.3 cm³/mol. The molecule has 2 nitrogen and oxygen atoms in total. The molecule has 2 rings (SSSR count). The van der Waals surface area contributed by atoms with Crippen molar-refractivity contribution in [2.24, 2.45) is 5.73 Å². The number of nitrogens with two attached hydrogens (primary N) is 1. The first-order valence-electron chi connectivity index (χ1n) is 6.10. The van der Waals surface area contributed by atoms with Crippen LogP contribution in [0.25, 0.3) is 10.9 Å². The molecule has 0 aliphatic rings. The van der Waals surface area contributed by atoms with Gasteiger partial charge in [0.1, 0.15) is 0 Å². The molecule has 0 saturated heterocycles. The summed E-state index contributed by atoms with van der Waals surface area (Å²) in [4.78, 5) is 4.72. The maximum Gasteiger partial charge on any atom is 0.0713 e. The highest BCUT2D eigenvalue weighted by Crippen LogP contribution is 2.23. The van der Waals surface area contributed by atoms with Crippen LogP contribution in [-0.4, -0.2) is 11.0 Å². The number of pyridine rings is 1. The Morgan fingerprint density at radius 2 is 1.76 bits per heavy atom. The Labute approximate surface area is 103 Å². The van der Waals surface area contributed by atoms with Gasteiger partial charge in [0.25, 0.3) is 0 Å². The van der Waals surface area contributed by atoms with E-state index in [4.69, 9.17) is 10.7 Å². The van der Waals surface area contributed by atoms with Gasteiger partial charge in [-0.2, -0.15) is 0 Å². The van der Waals surface area contributed by atoms with Gasteiger partial charge in [-0.15, -0.1) is 0 Å². The first-order chi connectivity index (χ1) is 7.97. The van der Waals surface area contributed by atoms with E-state index >= 15 is 0 Å². The number of rotatable bonds is 2. The predicted octanol–water partition coefficient (Wildman–Crippen LogP) is 3.05. The second-order valence-electron chi connectivity index (χ2n) is 5.09. The minimum atomic E-state index is 0.158. The second-order valence-corrected chi connectivity index (χ2v) is 5.09. The van der Waals surface area contributed by atoms with Crippen LogP contribution in [0.3, 0.4) is 0 Å². The van der Waals surface area contributed by atoms with Gasteiger partial charge < -0.3 is 5.73 Å². The Bertz CT molecular complexity index is 556. The van der Waals surface area contributed by atoms with Crippen molar-refractivity contribution in [3.8, 4) is 0 Å². The van der Waals surface area contributed by atoms with E-state index in [1.54, 1.807) is 0 Å². The lowest BCUT2D eigenvalue weighted by Gasteiger charge is -2.11. The van der Waals surface area contributed by atoms with Crippen LogP contribution in [0.2, 0.25) is 0 Å². The Morgan fingerprint density at radius 1 is 1.12 bits per heavy atom. The monoisotopic (exact) mass is 228 g/mol. The molecular formula is C15H20N2. The van der Waals surface area contributed by atoms with Gasteiger partial charge in [-0.25, -0.2) is 0 Å². The topological polar surface area (TPSA) is 38.9 Å². The van der Waals surface area contributed by atoms with Crippen molar-refractivity contribution in [3.63, 3.8) is 0 Å². The summed E-state index contributed by atoms with van der Waals surface area (Å²) in [5.41, 5.74) is 11.9. The van der Waals surface area contributed by atoms with Crippen LogP contribution < -0.4 is 5.73 Å². The summed E-state index contributed by atoms with van der Waals surface area (Å²) in [7, 11) is 0. The fourth-order valence-electron chi connectivity index (χ4n) is 2.49. The molecular weight excluding hydrogens is 208 g/mol. The molecule has 90 valence electrons. The molecule has 1 aromatic heterocycles. The first-order valence-corrected chi connectivity index (χ1v) is 6.10. The Hall–Kier alpha value is -1.41. The quantitative estimate of drug-likeness (QED) is 0.858. The van der Waals surface area contributed by atoms with Crippen LogP contribution in [0.15, 0.2) is 18.2 Å². The molecule has 2 N–H and O–H groups in total. The van der Waals surface area contributed by atoms with E-state index in [1.165, 1.54) is 22.1 Å². The fourth-order valence-corrected chi connectivity index (χ4v) is 2.49. The molecule has 1 aromatic carbocycles. The lowest BCUT2D eigenvalue weighted by Crippen LogP contribution is -2.18. The van der Waals surface area contributed by atoms with Crippen LogP contribution in [0.1, 0.15) is 29.3 Å². The summed E-state index contributed by atoms with van der Waals surface area (Å²) in [5, 5.41) is 1.28. The van der Waals surface area contributed by atoms with Crippen molar-refractivity contribution in [3.05, 3.63) is 40.6 Å². The molecule has 0 spiro atoms. The molecule has 1 heterocycles. The molecule has 0 fully saturated rings. The zero-order valence-electron chi connectivity index (χ0n) is 11.0. The molecule has 0 saturated carbocycles. The minimum Gasteiger partial charge on any atom is -0.328 e. The summed E-state index contributed by atoms with van der Waals surface area (Å²) < 4.78 is 0. The Balaban J connectivity index is 2.64. The highest BCUT2D eigenvalue weighted by Gasteiger charge is 2.07. The van der Waals surface area contributed by atoms with Gasteiger partial charge in [-0.05, 0) is 56.5 Å². The third-order valence-corrected chi connectivity index (χ3v) is 3.03. The molecule has 0 amide bonds. The molecule has 0 aliphatic heterocycles. The van der Waals surface area contributed by atoms with E-state index in [0.717, 1.165) is 17.6 Å². The van der Waals surface area contributed by atoms with Gasteiger partial charge in [0.15, 0.2) is 0 Å². The number of aromatic nitrogens is 1. The van der Waals surface area contributed by atoms with Crippen LogP contribution in [0.5, 0.6) is 0 Å². The van der Waals surface area contributed by atoms with Crippen LogP contribution in [0, 0.1) is 20.8 Å². The lowest BCUT2D eigenvalue weighted by molar-refractivity contribution is 0.724. The molecule has 1 unspecified atom stereocenters. The van der Waals surface area contributed by atoms with E-state index in [9.17, 15) is 0 Å². The number of benzene rings is 1. The van der Waals surface area contributed by atoms with Gasteiger partial charge >= 0.3 is 0 Å². The standard InChI is InChI=1S/C15H20N2/c1-9-5-10(2)15-11(3)7-13(8-12(4)16)17-14(15)6-9/h5-7,12H,8,16H2,1-4H3. The van der Waals surface area contributed by atoms with Crippen molar-refractivity contribution in [1.29, 1.82) is 0 Å². The highest BCUT2D eigenvalue weighted by atomic mass is 14.7. The zero-order chi connectivity index (χ0) is 12.6. The smallest absolute Gasteiger partial charge is 0.0713 e. The molecule has 0 bridgehead atoms. The van der Waals surface area contributed by atoms with Gasteiger partial charge in [-0.1, -0.05) is 6.07 Å². The molecule has 2 aromatic rings. The van der Waals surface area contributed by atoms with Crippen LogP contribution in [-0.2, 0) is 6.42 Å². The van der Waals surface area contributed by atoms with Gasteiger partial charge in [0.2, 0.25) is 0 Å². The molecule has 2 heteroatoms. The van der Waals surface area contributed by atoms with E-state index in [0.29, 0.717) is 0 Å². The average molecular weight is 228 g/mol. The normalized spacial score (nSPS) is 13.0. The van der Waals surface area contributed by atoms with Crippen molar-refractivity contribution in [2.45, 2.75) is 40.2 Å². The lowest BCUT2D eigenvalue weighted by atomic mass is 10.0. The number of hydrogen-bond donors (Lipinski definition) is 1. The molecule has 1 atom stereocenters. The molecule has 17 heavy (non-hydrogen) atoms. The average Bonchev–Trinajstić information content (AvgIpc) is 2.13. The van der Waals surface area contributed by atoms with Crippen molar-refractivity contribution in [1.82, 2.24) is 4.98 Å². The summed E-state index contributed by atoms with van der Waals surface area (Å²) >= 11 is 0. The minimum absolute atomic E-state index is 0.158. The maximum atomic E-state index is 5.84. The van der Waals surface area contributed by atoms with E-state index < -0.39 is 0 Å². The highest BCUT2D eigenvalue weighted by molar-refractivity contribution is 5.86. The zero-order valence-corrected chi connectivity index (χ0v) is 11.0. The first kappa shape index (κ1) is 12.1. The molecule has 0 aliphatic carbocycles. The van der Waals surface area contributed by atoms with Crippen molar-refractivity contribution < 1.29 is 0 Å². The summed E-state index contributed by atoms with van der Waals surface area (Å²) in [6, 6.07) is 6.68. The fraction of sp³-hybridized carbons (Fsp3) is 0.400. The Kier molecular flexibility index (Phi) is 3.16. The van der Waals surface area contributed by atoms with Crippen molar-refractivity contribution in [2.75, 3.05) is 0 Å². The van der Waals surface area contributed by atoms with Crippen molar-refractivity contribution >= 4 is 10.9 Å². The maximum absolute atomic E-state index is 5.84. The summed E-state index contributed by atoms with van der Waals surface area (Å²) in [6.45, 7) is 8.43. The second kappa shape index (κ2) is 4.46.